The van der Waals surface area contributed by atoms with Gasteiger partial charge < -0.3 is 4.74 Å². The lowest BCUT2D eigenvalue weighted by Gasteiger charge is -2.18. The number of hydrogen-bond donors (Lipinski definition) is 0. The van der Waals surface area contributed by atoms with Crippen LogP contribution in [0, 0.1) is 0 Å². The van der Waals surface area contributed by atoms with Crippen molar-refractivity contribution in [2.24, 2.45) is 0 Å². The van der Waals surface area contributed by atoms with Crippen molar-refractivity contribution in [3.63, 3.8) is 0 Å². The van der Waals surface area contributed by atoms with Crippen molar-refractivity contribution in [3.05, 3.63) is 48.0 Å². The van der Waals surface area contributed by atoms with Crippen molar-refractivity contribution >= 4 is 16.0 Å². The third-order valence-electron chi connectivity index (χ3n) is 2.63. The zero-order chi connectivity index (χ0) is 15.2. The highest BCUT2D eigenvalue weighted by Crippen LogP contribution is 2.11. The summed E-state index contributed by atoms with van der Waals surface area (Å²) in [5, 5.41) is 0. The maximum absolute atomic E-state index is 11.6. The van der Waals surface area contributed by atoms with E-state index in [1.165, 1.54) is 10.4 Å². The maximum Gasteiger partial charge on any atom is 0.338 e. The number of carbonyl (C=O) groups excluding carboxylic acids is 1. The molecule has 110 valence electrons. The van der Waals surface area contributed by atoms with Gasteiger partial charge in [-0.25, -0.2) is 13.2 Å². The number of sulfonamides is 1. The Hall–Kier alpha value is -1.66. The molecular formula is C14H19NO4S. The number of ether oxygens (including phenoxy) is 1. The second-order valence-electron chi connectivity index (χ2n) is 4.26. The predicted molar refractivity (Wildman–Crippen MR) is 77.8 cm³/mol. The van der Waals surface area contributed by atoms with Crippen molar-refractivity contribution in [3.8, 4) is 0 Å². The quantitative estimate of drug-likeness (QED) is 0.569. The molecule has 0 spiro atoms. The molecule has 1 rings (SSSR count). The van der Waals surface area contributed by atoms with Gasteiger partial charge in [-0.05, 0) is 24.6 Å². The summed E-state index contributed by atoms with van der Waals surface area (Å²) in [4.78, 5) is 11.5. The Labute approximate surface area is 119 Å². The van der Waals surface area contributed by atoms with E-state index in [4.69, 9.17) is 4.74 Å². The van der Waals surface area contributed by atoms with Crippen LogP contribution in [0.4, 0.5) is 0 Å². The van der Waals surface area contributed by atoms with Crippen molar-refractivity contribution in [1.29, 1.82) is 0 Å². The van der Waals surface area contributed by atoms with E-state index < -0.39 is 10.0 Å². The summed E-state index contributed by atoms with van der Waals surface area (Å²) < 4.78 is 29.4. The smallest absolute Gasteiger partial charge is 0.338 e. The van der Waals surface area contributed by atoms with Crippen LogP contribution in [0.2, 0.25) is 0 Å². The summed E-state index contributed by atoms with van der Waals surface area (Å²) in [5.74, 6) is -0.384. The lowest BCUT2D eigenvalue weighted by Crippen LogP contribution is -2.29. The van der Waals surface area contributed by atoms with E-state index in [9.17, 15) is 13.2 Å². The van der Waals surface area contributed by atoms with Crippen molar-refractivity contribution in [2.45, 2.75) is 13.5 Å². The fraction of sp³-hybridized carbons (Fsp3) is 0.357. The molecule has 0 aromatic heterocycles. The van der Waals surface area contributed by atoms with Crippen LogP contribution in [0.15, 0.2) is 36.9 Å². The number of benzene rings is 1. The molecular weight excluding hydrogens is 278 g/mol. The normalized spacial score (nSPS) is 11.3. The van der Waals surface area contributed by atoms with Gasteiger partial charge in [0.05, 0.1) is 18.4 Å². The van der Waals surface area contributed by atoms with Gasteiger partial charge in [0, 0.05) is 13.1 Å². The van der Waals surface area contributed by atoms with Crippen molar-refractivity contribution < 1.29 is 17.9 Å². The average molecular weight is 297 g/mol. The third kappa shape index (κ3) is 4.79. The highest BCUT2D eigenvalue weighted by atomic mass is 32.2. The second-order valence-corrected chi connectivity index (χ2v) is 6.24. The van der Waals surface area contributed by atoms with Crippen LogP contribution < -0.4 is 0 Å². The molecule has 1 aromatic carbocycles. The molecule has 0 N–H and O–H groups in total. The lowest BCUT2D eigenvalue weighted by molar-refractivity contribution is 0.0526. The van der Waals surface area contributed by atoms with E-state index in [1.807, 2.05) is 0 Å². The molecule has 0 amide bonds. The molecule has 0 atom stereocenters. The van der Waals surface area contributed by atoms with Crippen LogP contribution in [0.3, 0.4) is 0 Å². The lowest BCUT2D eigenvalue weighted by atomic mass is 10.1. The largest absolute Gasteiger partial charge is 0.462 e. The van der Waals surface area contributed by atoms with E-state index in [1.54, 1.807) is 31.2 Å². The van der Waals surface area contributed by atoms with Gasteiger partial charge in [-0.1, -0.05) is 18.2 Å². The van der Waals surface area contributed by atoms with Gasteiger partial charge in [0.25, 0.3) is 0 Å². The molecule has 0 bridgehead atoms. The monoisotopic (exact) mass is 297 g/mol. The van der Waals surface area contributed by atoms with Crippen molar-refractivity contribution in [2.75, 3.05) is 19.4 Å². The minimum absolute atomic E-state index is 0.244. The van der Waals surface area contributed by atoms with E-state index in [-0.39, 0.29) is 19.1 Å². The first-order valence-corrected chi connectivity index (χ1v) is 8.05. The molecule has 0 unspecified atom stereocenters. The summed E-state index contributed by atoms with van der Waals surface area (Å²) in [5.41, 5.74) is 1.25. The fourth-order valence-electron chi connectivity index (χ4n) is 1.63. The fourth-order valence-corrected chi connectivity index (χ4v) is 2.39. The number of hydrogen-bond acceptors (Lipinski definition) is 4. The molecule has 20 heavy (non-hydrogen) atoms. The summed E-state index contributed by atoms with van der Waals surface area (Å²) >= 11 is 0. The summed E-state index contributed by atoms with van der Waals surface area (Å²) in [6.07, 6.45) is 2.69. The van der Waals surface area contributed by atoms with Gasteiger partial charge in [-0.15, -0.1) is 6.58 Å². The Morgan fingerprint density at radius 2 is 1.95 bits per heavy atom. The van der Waals surface area contributed by atoms with Gasteiger partial charge in [-0.2, -0.15) is 4.31 Å². The number of esters is 1. The molecule has 5 nitrogen and oxygen atoms in total. The Morgan fingerprint density at radius 3 is 2.40 bits per heavy atom. The van der Waals surface area contributed by atoms with Crippen LogP contribution in [0.1, 0.15) is 22.8 Å². The molecule has 0 radical (unpaired) electrons. The topological polar surface area (TPSA) is 63.7 Å². The highest BCUT2D eigenvalue weighted by Gasteiger charge is 2.15. The molecule has 0 heterocycles. The Morgan fingerprint density at radius 1 is 1.35 bits per heavy atom. The van der Waals surface area contributed by atoms with Gasteiger partial charge in [0.1, 0.15) is 0 Å². The third-order valence-corrected chi connectivity index (χ3v) is 3.84. The Kier molecular flexibility index (Phi) is 5.91. The Bertz CT molecular complexity index is 563. The minimum atomic E-state index is -3.29. The van der Waals surface area contributed by atoms with E-state index in [2.05, 4.69) is 6.58 Å². The number of rotatable bonds is 7. The van der Waals surface area contributed by atoms with E-state index >= 15 is 0 Å². The summed E-state index contributed by atoms with van der Waals surface area (Å²) in [7, 11) is -3.29. The molecule has 0 aliphatic rings. The number of nitrogens with zero attached hydrogens (tertiary/aromatic N) is 1. The molecule has 0 aliphatic carbocycles. The highest BCUT2D eigenvalue weighted by molar-refractivity contribution is 7.88. The average Bonchev–Trinajstić information content (AvgIpc) is 2.38. The first-order chi connectivity index (χ1) is 9.38. The molecule has 0 saturated carbocycles. The molecule has 0 fully saturated rings. The van der Waals surface area contributed by atoms with Crippen molar-refractivity contribution in [1.82, 2.24) is 4.31 Å². The standard InChI is InChI=1S/C14H19NO4S/c1-4-10-15(20(3,17)18)11-12-6-8-13(9-7-12)14(16)19-5-2/h4,6-9H,1,5,10-11H2,2-3H3. The minimum Gasteiger partial charge on any atom is -0.462 e. The van der Waals surface area contributed by atoms with Crippen LogP contribution in [-0.2, 0) is 21.3 Å². The predicted octanol–water partition coefficient (Wildman–Crippen LogP) is 1.81. The molecule has 0 aliphatic heterocycles. The zero-order valence-corrected chi connectivity index (χ0v) is 12.5. The zero-order valence-electron chi connectivity index (χ0n) is 11.7. The SMILES string of the molecule is C=CCN(Cc1ccc(C(=O)OCC)cc1)S(C)(=O)=O. The first-order valence-electron chi connectivity index (χ1n) is 6.20. The molecule has 0 saturated heterocycles. The number of carbonyl (C=O) groups is 1. The van der Waals surface area contributed by atoms with Crippen LogP contribution in [0.25, 0.3) is 0 Å². The maximum atomic E-state index is 11.6. The second kappa shape index (κ2) is 7.21. The van der Waals surface area contributed by atoms with Crippen LogP contribution in [-0.4, -0.2) is 38.1 Å². The first kappa shape index (κ1) is 16.4. The molecule has 1 aromatic rings. The van der Waals surface area contributed by atoms with Crippen LogP contribution in [0.5, 0.6) is 0 Å². The van der Waals surface area contributed by atoms with E-state index in [0.29, 0.717) is 12.2 Å². The summed E-state index contributed by atoms with van der Waals surface area (Å²) in [6.45, 7) is 6.10. The van der Waals surface area contributed by atoms with Gasteiger partial charge in [0.15, 0.2) is 0 Å². The van der Waals surface area contributed by atoms with Crippen LogP contribution >= 0.6 is 0 Å². The Balaban J connectivity index is 2.83. The summed E-state index contributed by atoms with van der Waals surface area (Å²) in [6, 6.07) is 6.68. The van der Waals surface area contributed by atoms with Gasteiger partial charge in [0.2, 0.25) is 10.0 Å². The van der Waals surface area contributed by atoms with E-state index in [0.717, 1.165) is 11.8 Å². The van der Waals surface area contributed by atoms with Gasteiger partial charge in [-0.3, -0.25) is 0 Å². The van der Waals surface area contributed by atoms with Gasteiger partial charge >= 0.3 is 5.97 Å². The molecule has 6 heteroatoms.